The average molecular weight is 265 g/mol. The van der Waals surface area contributed by atoms with Gasteiger partial charge in [0, 0.05) is 18.8 Å². The number of nitrogens with one attached hydrogen (secondary N) is 1. The first-order chi connectivity index (χ1) is 8.63. The summed E-state index contributed by atoms with van der Waals surface area (Å²) in [7, 11) is 1.88. The van der Waals surface area contributed by atoms with E-state index < -0.39 is 0 Å². The van der Waals surface area contributed by atoms with Crippen molar-refractivity contribution in [3.05, 3.63) is 29.3 Å². The molecule has 5 heteroatoms. The molecule has 3 N–H and O–H groups in total. The number of nitrogen functional groups attached to an aromatic ring is 1. The van der Waals surface area contributed by atoms with Gasteiger partial charge in [0.05, 0.1) is 11.3 Å². The number of aryl methyl sites for hydroxylation is 1. The third-order valence-corrected chi connectivity index (χ3v) is 4.48. The van der Waals surface area contributed by atoms with E-state index in [9.17, 15) is 4.79 Å². The average Bonchev–Trinajstić information content (AvgIpc) is 2.90. The first kappa shape index (κ1) is 13.2. The highest BCUT2D eigenvalue weighted by molar-refractivity contribution is 7.99. The Bertz CT molecular complexity index is 444. The number of rotatable bonds is 3. The normalized spacial score (nSPS) is 18.7. The van der Waals surface area contributed by atoms with Crippen molar-refractivity contribution in [1.82, 2.24) is 4.90 Å². The number of hydrogen-bond acceptors (Lipinski definition) is 4. The molecule has 1 aromatic carbocycles. The molecule has 2 rings (SSSR count). The number of benzene rings is 1. The summed E-state index contributed by atoms with van der Waals surface area (Å²) in [4.78, 5) is 14.3. The fourth-order valence-corrected chi connectivity index (χ4v) is 3.41. The molecular weight excluding hydrogens is 246 g/mol. The van der Waals surface area contributed by atoms with Gasteiger partial charge in [-0.2, -0.15) is 11.8 Å². The van der Waals surface area contributed by atoms with Gasteiger partial charge in [-0.05, 0) is 31.2 Å². The predicted molar refractivity (Wildman–Crippen MR) is 76.8 cm³/mol. The molecule has 4 nitrogen and oxygen atoms in total. The van der Waals surface area contributed by atoms with Gasteiger partial charge in [-0.15, -0.1) is 0 Å². The van der Waals surface area contributed by atoms with Gasteiger partial charge in [0.1, 0.15) is 0 Å². The molecule has 1 fully saturated rings. The van der Waals surface area contributed by atoms with Crippen LogP contribution in [0.4, 0.5) is 5.69 Å². The summed E-state index contributed by atoms with van der Waals surface area (Å²) >= 11 is 1.90. The lowest BCUT2D eigenvalue weighted by Crippen LogP contribution is -2.37. The van der Waals surface area contributed by atoms with Crippen LogP contribution in [0.25, 0.3) is 0 Å². The van der Waals surface area contributed by atoms with Crippen LogP contribution in [-0.4, -0.2) is 35.4 Å². The first-order valence-corrected chi connectivity index (χ1v) is 7.21. The first-order valence-electron chi connectivity index (χ1n) is 6.05. The lowest BCUT2D eigenvalue weighted by Gasteiger charge is -2.25. The van der Waals surface area contributed by atoms with Gasteiger partial charge in [0.15, 0.2) is 0 Å². The van der Waals surface area contributed by atoms with Crippen molar-refractivity contribution in [2.75, 3.05) is 24.0 Å². The number of carbonyl (C=O) groups is 1. The summed E-state index contributed by atoms with van der Waals surface area (Å²) in [6.45, 7) is 1.97. The number of anilines is 1. The second-order valence-electron chi connectivity index (χ2n) is 4.63. The molecule has 18 heavy (non-hydrogen) atoms. The monoisotopic (exact) mass is 265 g/mol. The Morgan fingerprint density at radius 2 is 2.33 bits per heavy atom. The van der Waals surface area contributed by atoms with E-state index in [-0.39, 0.29) is 5.91 Å². The zero-order chi connectivity index (χ0) is 13.1. The van der Waals surface area contributed by atoms with E-state index in [1.165, 1.54) is 0 Å². The Labute approximate surface area is 112 Å². The van der Waals surface area contributed by atoms with Crippen molar-refractivity contribution >= 4 is 23.4 Å². The Morgan fingerprint density at radius 3 is 2.94 bits per heavy atom. The summed E-state index contributed by atoms with van der Waals surface area (Å²) in [5, 5.41) is 0. The van der Waals surface area contributed by atoms with Gasteiger partial charge in [-0.3, -0.25) is 10.6 Å². The molecule has 0 aromatic heterocycles. The molecule has 0 spiro atoms. The molecule has 0 bridgehead atoms. The predicted octanol–water partition coefficient (Wildman–Crippen LogP) is 1.86. The Morgan fingerprint density at radius 1 is 1.56 bits per heavy atom. The van der Waals surface area contributed by atoms with E-state index in [2.05, 4.69) is 5.43 Å². The van der Waals surface area contributed by atoms with Crippen LogP contribution in [0.2, 0.25) is 0 Å². The highest BCUT2D eigenvalue weighted by Crippen LogP contribution is 2.25. The molecule has 1 aliphatic rings. The number of hydrazine groups is 1. The zero-order valence-corrected chi connectivity index (χ0v) is 11.6. The lowest BCUT2D eigenvalue weighted by atomic mass is 10.1. The minimum atomic E-state index is 0.0409. The summed E-state index contributed by atoms with van der Waals surface area (Å²) < 4.78 is 0. The lowest BCUT2D eigenvalue weighted by molar-refractivity contribution is 0.0748. The van der Waals surface area contributed by atoms with Crippen molar-refractivity contribution in [2.45, 2.75) is 19.4 Å². The Balaban J connectivity index is 2.24. The number of hydrogen-bond donors (Lipinski definition) is 2. The summed E-state index contributed by atoms with van der Waals surface area (Å²) in [6.07, 6.45) is 1.07. The summed E-state index contributed by atoms with van der Waals surface area (Å²) in [5.74, 6) is 7.67. The molecule has 0 radical (unpaired) electrons. The largest absolute Gasteiger partial charge is 0.338 e. The molecule has 1 aliphatic heterocycles. The van der Waals surface area contributed by atoms with E-state index in [1.54, 1.807) is 0 Å². The van der Waals surface area contributed by atoms with Gasteiger partial charge in [0.25, 0.3) is 5.91 Å². The highest BCUT2D eigenvalue weighted by Gasteiger charge is 2.25. The van der Waals surface area contributed by atoms with Gasteiger partial charge >= 0.3 is 0 Å². The maximum Gasteiger partial charge on any atom is 0.256 e. The maximum absolute atomic E-state index is 12.5. The van der Waals surface area contributed by atoms with Gasteiger partial charge in [0.2, 0.25) is 0 Å². The number of carbonyl (C=O) groups excluding carboxylic acids is 1. The second-order valence-corrected chi connectivity index (χ2v) is 5.78. The van der Waals surface area contributed by atoms with E-state index in [0.29, 0.717) is 17.3 Å². The SMILES string of the molecule is Cc1ccc(NN)c(C(=O)N(C)C2CCSC2)c1. The molecular formula is C13H19N3OS. The van der Waals surface area contributed by atoms with E-state index >= 15 is 0 Å². The molecule has 0 saturated carbocycles. The standard InChI is InChI=1S/C13H19N3OS/c1-9-3-4-12(15-14)11(7-9)13(17)16(2)10-5-6-18-8-10/h3-4,7,10,15H,5-6,8,14H2,1-2H3. The van der Waals surface area contributed by atoms with E-state index in [1.807, 2.05) is 48.8 Å². The second kappa shape index (κ2) is 5.63. The quantitative estimate of drug-likeness (QED) is 0.647. The van der Waals surface area contributed by atoms with Crippen LogP contribution in [0.5, 0.6) is 0 Å². The smallest absolute Gasteiger partial charge is 0.256 e. The minimum absolute atomic E-state index is 0.0409. The van der Waals surface area contributed by atoms with Crippen molar-refractivity contribution in [1.29, 1.82) is 0 Å². The van der Waals surface area contributed by atoms with Crippen LogP contribution < -0.4 is 11.3 Å². The fraction of sp³-hybridized carbons (Fsp3) is 0.462. The molecule has 1 unspecified atom stereocenters. The van der Waals surface area contributed by atoms with Crippen LogP contribution in [0, 0.1) is 6.92 Å². The van der Waals surface area contributed by atoms with Crippen molar-refractivity contribution in [3.63, 3.8) is 0 Å². The molecule has 1 heterocycles. The van der Waals surface area contributed by atoms with Gasteiger partial charge in [-0.25, -0.2) is 0 Å². The van der Waals surface area contributed by atoms with Crippen LogP contribution in [0.1, 0.15) is 22.3 Å². The van der Waals surface area contributed by atoms with Crippen molar-refractivity contribution in [3.8, 4) is 0 Å². The Kier molecular flexibility index (Phi) is 4.14. The molecule has 0 aliphatic carbocycles. The number of nitrogens with two attached hydrogens (primary N) is 1. The highest BCUT2D eigenvalue weighted by atomic mass is 32.2. The molecule has 1 saturated heterocycles. The van der Waals surface area contributed by atoms with Gasteiger partial charge in [-0.1, -0.05) is 11.6 Å². The molecule has 1 amide bonds. The minimum Gasteiger partial charge on any atom is -0.338 e. The number of amides is 1. The third kappa shape index (κ3) is 2.62. The summed E-state index contributed by atoms with van der Waals surface area (Å²) in [6, 6.07) is 6.02. The van der Waals surface area contributed by atoms with E-state index in [0.717, 1.165) is 23.5 Å². The van der Waals surface area contributed by atoms with Crippen LogP contribution in [0.3, 0.4) is 0 Å². The number of thioether (sulfide) groups is 1. The van der Waals surface area contributed by atoms with Gasteiger partial charge < -0.3 is 10.3 Å². The Hall–Kier alpha value is -1.20. The van der Waals surface area contributed by atoms with Crippen LogP contribution in [-0.2, 0) is 0 Å². The summed E-state index contributed by atoms with van der Waals surface area (Å²) in [5.41, 5.74) is 4.99. The van der Waals surface area contributed by atoms with Crippen LogP contribution in [0.15, 0.2) is 18.2 Å². The molecule has 1 aromatic rings. The fourth-order valence-electron chi connectivity index (χ4n) is 2.14. The molecule has 98 valence electrons. The maximum atomic E-state index is 12.5. The van der Waals surface area contributed by atoms with E-state index in [4.69, 9.17) is 5.84 Å². The van der Waals surface area contributed by atoms with Crippen LogP contribution >= 0.6 is 11.8 Å². The third-order valence-electron chi connectivity index (χ3n) is 3.33. The number of nitrogens with zero attached hydrogens (tertiary/aromatic N) is 1. The van der Waals surface area contributed by atoms with Crippen molar-refractivity contribution < 1.29 is 4.79 Å². The van der Waals surface area contributed by atoms with Crippen molar-refractivity contribution in [2.24, 2.45) is 5.84 Å². The topological polar surface area (TPSA) is 58.4 Å². The molecule has 1 atom stereocenters. The zero-order valence-electron chi connectivity index (χ0n) is 10.8.